The molecule has 0 atom stereocenters. The first-order valence-corrected chi connectivity index (χ1v) is 7.61. The zero-order valence-electron chi connectivity index (χ0n) is 13.3. The number of aryl methyl sites for hydroxylation is 1. The van der Waals surface area contributed by atoms with Crippen molar-refractivity contribution in [1.82, 2.24) is 14.5 Å². The predicted octanol–water partition coefficient (Wildman–Crippen LogP) is 1.51. The minimum Gasteiger partial charge on any atom is -0.344 e. The van der Waals surface area contributed by atoms with E-state index in [0.29, 0.717) is 0 Å². The fourth-order valence-electron chi connectivity index (χ4n) is 2.53. The standard InChI is InChI=1S/C19H17N3O2/c1-21-16-11-5-6-12-17(16)22(19(21)24)14-18(23)20-13-7-10-15-8-3-2-4-9-15/h2-6,8-9,11-12H,13-14H2,1H3,(H,20,23). The van der Waals surface area contributed by atoms with Crippen molar-refractivity contribution < 1.29 is 4.79 Å². The topological polar surface area (TPSA) is 56.0 Å². The fourth-order valence-corrected chi connectivity index (χ4v) is 2.53. The van der Waals surface area contributed by atoms with E-state index < -0.39 is 0 Å². The number of aromatic nitrogens is 2. The number of nitrogens with zero attached hydrogens (tertiary/aromatic N) is 2. The normalized spacial score (nSPS) is 10.2. The van der Waals surface area contributed by atoms with Crippen LogP contribution in [0.3, 0.4) is 0 Å². The SMILES string of the molecule is Cn1c(=O)n(CC(=O)NCC#Cc2ccccc2)c2ccccc21. The Morgan fingerprint density at radius 2 is 1.71 bits per heavy atom. The molecule has 0 spiro atoms. The molecule has 1 aromatic heterocycles. The average molecular weight is 319 g/mol. The summed E-state index contributed by atoms with van der Waals surface area (Å²) in [6.07, 6.45) is 0. The zero-order valence-corrected chi connectivity index (χ0v) is 13.3. The number of hydrogen-bond donors (Lipinski definition) is 1. The van der Waals surface area contributed by atoms with Gasteiger partial charge in [-0.25, -0.2) is 4.79 Å². The Hall–Kier alpha value is -3.26. The molecule has 3 rings (SSSR count). The van der Waals surface area contributed by atoms with Gasteiger partial charge in [-0.1, -0.05) is 42.2 Å². The molecule has 0 unspecified atom stereocenters. The number of fused-ring (bicyclic) bond motifs is 1. The molecular formula is C19H17N3O2. The van der Waals surface area contributed by atoms with Gasteiger partial charge in [-0.2, -0.15) is 0 Å². The molecule has 0 aliphatic rings. The average Bonchev–Trinajstić information content (AvgIpc) is 2.85. The van der Waals surface area contributed by atoms with Gasteiger partial charge in [0.15, 0.2) is 0 Å². The Balaban J connectivity index is 1.67. The summed E-state index contributed by atoms with van der Waals surface area (Å²) in [5, 5.41) is 2.72. The third kappa shape index (κ3) is 3.23. The molecule has 0 bridgehead atoms. The molecule has 0 saturated heterocycles. The molecular weight excluding hydrogens is 302 g/mol. The molecule has 5 heteroatoms. The van der Waals surface area contributed by atoms with Crippen molar-refractivity contribution in [2.45, 2.75) is 6.54 Å². The van der Waals surface area contributed by atoms with Gasteiger partial charge in [0.2, 0.25) is 5.91 Å². The number of rotatable bonds is 3. The number of nitrogens with one attached hydrogen (secondary N) is 1. The maximum absolute atomic E-state index is 12.3. The second-order valence-electron chi connectivity index (χ2n) is 5.36. The van der Waals surface area contributed by atoms with E-state index in [0.717, 1.165) is 16.6 Å². The van der Waals surface area contributed by atoms with E-state index in [-0.39, 0.29) is 24.7 Å². The first kappa shape index (κ1) is 15.6. The van der Waals surface area contributed by atoms with Crippen LogP contribution in [0.4, 0.5) is 0 Å². The molecule has 0 fully saturated rings. The Morgan fingerprint density at radius 3 is 2.46 bits per heavy atom. The van der Waals surface area contributed by atoms with E-state index >= 15 is 0 Å². The first-order valence-electron chi connectivity index (χ1n) is 7.61. The Labute approximate surface area is 139 Å². The summed E-state index contributed by atoms with van der Waals surface area (Å²) in [6, 6.07) is 17.0. The van der Waals surface area contributed by atoms with Crippen LogP contribution in [-0.4, -0.2) is 21.6 Å². The first-order chi connectivity index (χ1) is 11.7. The van der Waals surface area contributed by atoms with Gasteiger partial charge in [0.25, 0.3) is 0 Å². The summed E-state index contributed by atoms with van der Waals surface area (Å²) >= 11 is 0. The number of imidazole rings is 1. The summed E-state index contributed by atoms with van der Waals surface area (Å²) in [5.41, 5.74) is 2.24. The van der Waals surface area contributed by atoms with Gasteiger partial charge in [0.05, 0.1) is 17.6 Å². The molecule has 0 saturated carbocycles. The molecule has 24 heavy (non-hydrogen) atoms. The van der Waals surface area contributed by atoms with E-state index in [1.54, 1.807) is 7.05 Å². The quantitative estimate of drug-likeness (QED) is 0.744. The molecule has 2 aromatic carbocycles. The van der Waals surface area contributed by atoms with Crippen LogP contribution in [0.25, 0.3) is 11.0 Å². The highest BCUT2D eigenvalue weighted by Gasteiger charge is 2.12. The van der Waals surface area contributed by atoms with Crippen LogP contribution in [0.5, 0.6) is 0 Å². The van der Waals surface area contributed by atoms with Crippen LogP contribution < -0.4 is 11.0 Å². The molecule has 1 amide bonds. The Kier molecular flexibility index (Phi) is 4.48. The van der Waals surface area contributed by atoms with Crippen molar-refractivity contribution in [2.24, 2.45) is 7.05 Å². The summed E-state index contributed by atoms with van der Waals surface area (Å²) < 4.78 is 3.01. The van der Waals surface area contributed by atoms with Crippen molar-refractivity contribution in [2.75, 3.05) is 6.54 Å². The van der Waals surface area contributed by atoms with Gasteiger partial charge < -0.3 is 5.32 Å². The zero-order chi connectivity index (χ0) is 16.9. The number of amides is 1. The van der Waals surface area contributed by atoms with Crippen molar-refractivity contribution in [1.29, 1.82) is 0 Å². The fraction of sp³-hybridized carbons (Fsp3) is 0.158. The maximum Gasteiger partial charge on any atom is 0.329 e. The molecule has 1 N–H and O–H groups in total. The van der Waals surface area contributed by atoms with Crippen molar-refractivity contribution in [3.05, 3.63) is 70.6 Å². The highest BCUT2D eigenvalue weighted by molar-refractivity contribution is 5.81. The van der Waals surface area contributed by atoms with Crippen LogP contribution in [0.15, 0.2) is 59.4 Å². The number of carbonyl (C=O) groups is 1. The van der Waals surface area contributed by atoms with Gasteiger partial charge in [-0.05, 0) is 24.3 Å². The van der Waals surface area contributed by atoms with Crippen LogP contribution in [-0.2, 0) is 18.4 Å². The van der Waals surface area contributed by atoms with Crippen LogP contribution in [0.2, 0.25) is 0 Å². The van der Waals surface area contributed by atoms with Crippen molar-refractivity contribution in [3.8, 4) is 11.8 Å². The second kappa shape index (κ2) is 6.88. The smallest absolute Gasteiger partial charge is 0.329 e. The highest BCUT2D eigenvalue weighted by Crippen LogP contribution is 2.10. The third-order valence-electron chi connectivity index (χ3n) is 3.73. The molecule has 120 valence electrons. The van der Waals surface area contributed by atoms with Crippen LogP contribution >= 0.6 is 0 Å². The molecule has 3 aromatic rings. The number of hydrogen-bond acceptors (Lipinski definition) is 2. The highest BCUT2D eigenvalue weighted by atomic mass is 16.2. The van der Waals surface area contributed by atoms with Gasteiger partial charge in [-0.3, -0.25) is 13.9 Å². The predicted molar refractivity (Wildman–Crippen MR) is 93.5 cm³/mol. The van der Waals surface area contributed by atoms with Crippen molar-refractivity contribution in [3.63, 3.8) is 0 Å². The lowest BCUT2D eigenvalue weighted by atomic mass is 10.2. The number of carbonyl (C=O) groups excluding carboxylic acids is 1. The number of para-hydroxylation sites is 2. The summed E-state index contributed by atoms with van der Waals surface area (Å²) in [7, 11) is 1.70. The van der Waals surface area contributed by atoms with Gasteiger partial charge in [0.1, 0.15) is 6.54 Å². The third-order valence-corrected chi connectivity index (χ3v) is 3.73. The monoisotopic (exact) mass is 319 g/mol. The minimum absolute atomic E-state index is 0.0206. The second-order valence-corrected chi connectivity index (χ2v) is 5.36. The summed E-state index contributed by atoms with van der Waals surface area (Å²) in [4.78, 5) is 24.3. The van der Waals surface area contributed by atoms with E-state index in [1.165, 1.54) is 9.13 Å². The lowest BCUT2D eigenvalue weighted by Gasteiger charge is -2.03. The largest absolute Gasteiger partial charge is 0.344 e. The summed E-state index contributed by atoms with van der Waals surface area (Å²) in [6.45, 7) is 0.223. The van der Waals surface area contributed by atoms with Gasteiger partial charge in [0, 0.05) is 12.6 Å². The van der Waals surface area contributed by atoms with Crippen molar-refractivity contribution >= 4 is 16.9 Å². The van der Waals surface area contributed by atoms with Gasteiger partial charge in [-0.15, -0.1) is 0 Å². The molecule has 0 aliphatic carbocycles. The Bertz CT molecular complexity index is 988. The maximum atomic E-state index is 12.3. The molecule has 1 heterocycles. The van der Waals surface area contributed by atoms with E-state index in [9.17, 15) is 9.59 Å². The van der Waals surface area contributed by atoms with Gasteiger partial charge >= 0.3 is 5.69 Å². The lowest BCUT2D eigenvalue weighted by molar-refractivity contribution is -0.121. The lowest BCUT2D eigenvalue weighted by Crippen LogP contribution is -2.32. The molecule has 5 nitrogen and oxygen atoms in total. The van der Waals surface area contributed by atoms with E-state index in [1.807, 2.05) is 54.6 Å². The Morgan fingerprint density at radius 1 is 1.04 bits per heavy atom. The summed E-state index contributed by atoms with van der Waals surface area (Å²) in [5.74, 6) is 5.63. The number of benzene rings is 2. The van der Waals surface area contributed by atoms with Crippen LogP contribution in [0.1, 0.15) is 5.56 Å². The molecule has 0 radical (unpaired) electrons. The van der Waals surface area contributed by atoms with Crippen LogP contribution in [0, 0.1) is 11.8 Å². The van der Waals surface area contributed by atoms with E-state index in [4.69, 9.17) is 0 Å². The molecule has 0 aliphatic heterocycles. The van der Waals surface area contributed by atoms with E-state index in [2.05, 4.69) is 17.2 Å². The minimum atomic E-state index is -0.240.